The van der Waals surface area contributed by atoms with E-state index in [1.165, 1.54) is 0 Å². The topological polar surface area (TPSA) is 76.6 Å². The molecule has 7 nitrogen and oxygen atoms in total. The second-order valence-electron chi connectivity index (χ2n) is 8.32. The number of amides is 1. The van der Waals surface area contributed by atoms with Crippen molar-refractivity contribution in [3.63, 3.8) is 0 Å². The van der Waals surface area contributed by atoms with Crippen LogP contribution in [0.5, 0.6) is 5.75 Å². The molecule has 3 heterocycles. The number of rotatable bonds is 5. The lowest BCUT2D eigenvalue weighted by molar-refractivity contribution is -0.0395. The van der Waals surface area contributed by atoms with Gasteiger partial charge in [0, 0.05) is 43.2 Å². The van der Waals surface area contributed by atoms with Crippen molar-refractivity contribution in [1.82, 2.24) is 14.9 Å². The molecule has 3 aromatic rings. The third-order valence-corrected chi connectivity index (χ3v) is 6.11. The van der Waals surface area contributed by atoms with Gasteiger partial charge >= 0.3 is 0 Å². The van der Waals surface area contributed by atoms with Gasteiger partial charge in [0.15, 0.2) is 0 Å². The van der Waals surface area contributed by atoms with Crippen LogP contribution in [0.1, 0.15) is 29.6 Å². The van der Waals surface area contributed by atoms with Crippen LogP contribution in [0.3, 0.4) is 0 Å². The standard InChI is InChI=1S/C25H26N4O3/c30-23(19-6-4-7-20(16-19)28-24-26-12-5-13-27-24)29-14-10-25(11-15-29)17-22(18-31-25)32-21-8-2-1-3-9-21/h1-9,12-13,16,22H,10-11,14-15,17-18H2,(H,26,27,28). The van der Waals surface area contributed by atoms with Crippen LogP contribution >= 0.6 is 0 Å². The smallest absolute Gasteiger partial charge is 0.253 e. The van der Waals surface area contributed by atoms with E-state index in [2.05, 4.69) is 15.3 Å². The zero-order valence-electron chi connectivity index (χ0n) is 17.8. The van der Waals surface area contributed by atoms with Crippen LogP contribution in [-0.2, 0) is 4.74 Å². The lowest BCUT2D eigenvalue weighted by atomic mass is 9.87. The molecule has 2 aromatic carbocycles. The number of nitrogens with one attached hydrogen (secondary N) is 1. The first-order valence-electron chi connectivity index (χ1n) is 11.0. The predicted molar refractivity (Wildman–Crippen MR) is 121 cm³/mol. The quantitative estimate of drug-likeness (QED) is 0.658. The van der Waals surface area contributed by atoms with E-state index >= 15 is 0 Å². The van der Waals surface area contributed by atoms with Gasteiger partial charge in [0.2, 0.25) is 5.95 Å². The minimum atomic E-state index is -0.190. The first kappa shape index (κ1) is 20.5. The second kappa shape index (κ2) is 8.96. The molecular weight excluding hydrogens is 404 g/mol. The lowest BCUT2D eigenvalue weighted by Gasteiger charge is -2.38. The molecule has 164 valence electrons. The van der Waals surface area contributed by atoms with Gasteiger partial charge in [-0.05, 0) is 49.2 Å². The normalized spacial score (nSPS) is 19.6. The van der Waals surface area contributed by atoms with Gasteiger partial charge < -0.3 is 19.7 Å². The van der Waals surface area contributed by atoms with Crippen LogP contribution in [0.2, 0.25) is 0 Å². The summed E-state index contributed by atoms with van der Waals surface area (Å²) < 4.78 is 12.3. The number of piperidine rings is 1. The highest BCUT2D eigenvalue weighted by molar-refractivity contribution is 5.95. The van der Waals surface area contributed by atoms with Crippen molar-refractivity contribution in [3.05, 3.63) is 78.6 Å². The summed E-state index contributed by atoms with van der Waals surface area (Å²) in [4.78, 5) is 23.4. The third kappa shape index (κ3) is 4.57. The number of anilines is 2. The van der Waals surface area contributed by atoms with Crippen molar-refractivity contribution in [3.8, 4) is 5.75 Å². The van der Waals surface area contributed by atoms with Crippen LogP contribution in [0.15, 0.2) is 73.1 Å². The van der Waals surface area contributed by atoms with E-state index < -0.39 is 0 Å². The molecule has 7 heteroatoms. The van der Waals surface area contributed by atoms with Gasteiger partial charge in [0.05, 0.1) is 12.2 Å². The van der Waals surface area contributed by atoms with Gasteiger partial charge in [-0.1, -0.05) is 24.3 Å². The summed E-state index contributed by atoms with van der Waals surface area (Å²) in [5, 5.41) is 3.14. The SMILES string of the molecule is O=C(c1cccc(Nc2ncccn2)c1)N1CCC2(CC1)CC(Oc1ccccc1)CO2. The average molecular weight is 431 g/mol. The van der Waals surface area contributed by atoms with Gasteiger partial charge in [-0.25, -0.2) is 9.97 Å². The number of benzene rings is 2. The Hall–Kier alpha value is -3.45. The zero-order chi connectivity index (χ0) is 21.8. The number of aromatic nitrogens is 2. The molecule has 5 rings (SSSR count). The fraction of sp³-hybridized carbons (Fsp3) is 0.320. The van der Waals surface area contributed by atoms with Crippen molar-refractivity contribution in [1.29, 1.82) is 0 Å². The third-order valence-electron chi connectivity index (χ3n) is 6.11. The van der Waals surface area contributed by atoms with Gasteiger partial charge in [-0.15, -0.1) is 0 Å². The van der Waals surface area contributed by atoms with Crippen LogP contribution < -0.4 is 10.1 Å². The number of hydrogen-bond acceptors (Lipinski definition) is 6. The van der Waals surface area contributed by atoms with Crippen LogP contribution in [-0.4, -0.2) is 52.2 Å². The van der Waals surface area contributed by atoms with E-state index in [0.717, 1.165) is 30.7 Å². The first-order chi connectivity index (χ1) is 15.7. The molecule has 0 radical (unpaired) electrons. The molecule has 1 spiro atoms. The number of carbonyl (C=O) groups is 1. The fourth-order valence-corrected chi connectivity index (χ4v) is 4.44. The Balaban J connectivity index is 1.18. The predicted octanol–water partition coefficient (Wildman–Crippen LogP) is 4.06. The fourth-order valence-electron chi connectivity index (χ4n) is 4.44. The molecule has 2 aliphatic heterocycles. The zero-order valence-corrected chi connectivity index (χ0v) is 17.8. The Kier molecular flexibility index (Phi) is 5.73. The number of para-hydroxylation sites is 1. The van der Waals surface area contributed by atoms with Gasteiger partial charge in [-0.2, -0.15) is 0 Å². The maximum absolute atomic E-state index is 13.1. The van der Waals surface area contributed by atoms with Crippen LogP contribution in [0.4, 0.5) is 11.6 Å². The highest BCUT2D eigenvalue weighted by Gasteiger charge is 2.44. The van der Waals surface area contributed by atoms with E-state index in [4.69, 9.17) is 9.47 Å². The number of ether oxygens (including phenoxy) is 2. The molecule has 1 unspecified atom stereocenters. The molecule has 2 fully saturated rings. The Morgan fingerprint density at radius 1 is 1.03 bits per heavy atom. The number of likely N-dealkylation sites (tertiary alicyclic amines) is 1. The van der Waals surface area contributed by atoms with E-state index in [1.807, 2.05) is 59.5 Å². The molecular formula is C25H26N4O3. The van der Waals surface area contributed by atoms with Crippen LogP contribution in [0.25, 0.3) is 0 Å². The van der Waals surface area contributed by atoms with Crippen molar-refractivity contribution < 1.29 is 14.3 Å². The van der Waals surface area contributed by atoms with Crippen molar-refractivity contribution in [2.24, 2.45) is 0 Å². The molecule has 0 bridgehead atoms. The van der Waals surface area contributed by atoms with Crippen molar-refractivity contribution >= 4 is 17.5 Å². The maximum Gasteiger partial charge on any atom is 0.253 e. The minimum Gasteiger partial charge on any atom is -0.488 e. The average Bonchev–Trinajstić information content (AvgIpc) is 3.22. The Labute approximate surface area is 187 Å². The van der Waals surface area contributed by atoms with Crippen LogP contribution in [0, 0.1) is 0 Å². The summed E-state index contributed by atoms with van der Waals surface area (Å²) in [6.07, 6.45) is 5.91. The summed E-state index contributed by atoms with van der Waals surface area (Å²) in [6.45, 7) is 1.95. The van der Waals surface area contributed by atoms with Crippen molar-refractivity contribution in [2.45, 2.75) is 31.0 Å². The lowest BCUT2D eigenvalue weighted by Crippen LogP contribution is -2.46. The number of carbonyl (C=O) groups excluding carboxylic acids is 1. The highest BCUT2D eigenvalue weighted by atomic mass is 16.6. The summed E-state index contributed by atoms with van der Waals surface area (Å²) in [6, 6.07) is 19.1. The van der Waals surface area contributed by atoms with Gasteiger partial charge in [0.25, 0.3) is 5.91 Å². The molecule has 1 atom stereocenters. The number of nitrogens with zero attached hydrogens (tertiary/aromatic N) is 3. The molecule has 2 saturated heterocycles. The molecule has 1 N–H and O–H groups in total. The van der Waals surface area contributed by atoms with E-state index in [0.29, 0.717) is 31.2 Å². The summed E-state index contributed by atoms with van der Waals surface area (Å²) in [5.41, 5.74) is 1.25. The summed E-state index contributed by atoms with van der Waals surface area (Å²) >= 11 is 0. The summed E-state index contributed by atoms with van der Waals surface area (Å²) in [7, 11) is 0. The molecule has 2 aliphatic rings. The summed E-state index contributed by atoms with van der Waals surface area (Å²) in [5.74, 6) is 1.41. The largest absolute Gasteiger partial charge is 0.488 e. The highest BCUT2D eigenvalue weighted by Crippen LogP contribution is 2.37. The van der Waals surface area contributed by atoms with E-state index in [-0.39, 0.29) is 17.6 Å². The molecule has 1 amide bonds. The Morgan fingerprint density at radius 2 is 1.81 bits per heavy atom. The maximum atomic E-state index is 13.1. The Morgan fingerprint density at radius 3 is 2.59 bits per heavy atom. The number of hydrogen-bond donors (Lipinski definition) is 1. The monoisotopic (exact) mass is 430 g/mol. The molecule has 0 saturated carbocycles. The van der Waals surface area contributed by atoms with E-state index in [9.17, 15) is 4.79 Å². The van der Waals surface area contributed by atoms with Crippen molar-refractivity contribution in [2.75, 3.05) is 25.0 Å². The second-order valence-corrected chi connectivity index (χ2v) is 8.32. The van der Waals surface area contributed by atoms with Gasteiger partial charge in [0.1, 0.15) is 11.9 Å². The van der Waals surface area contributed by atoms with Gasteiger partial charge in [-0.3, -0.25) is 4.79 Å². The Bertz CT molecular complexity index is 1050. The first-order valence-corrected chi connectivity index (χ1v) is 11.0. The molecule has 32 heavy (non-hydrogen) atoms. The molecule has 1 aromatic heterocycles. The minimum absolute atomic E-state index is 0.0348. The molecule has 0 aliphatic carbocycles. The van der Waals surface area contributed by atoms with E-state index in [1.54, 1.807) is 18.5 Å².